The molecule has 0 aliphatic heterocycles. The van der Waals surface area contributed by atoms with Crippen molar-refractivity contribution in [3.8, 4) is 5.75 Å². The predicted molar refractivity (Wildman–Crippen MR) is 69.1 cm³/mol. The first-order valence-corrected chi connectivity index (χ1v) is 6.55. The minimum absolute atomic E-state index is 0.173. The van der Waals surface area contributed by atoms with E-state index in [1.165, 1.54) is 7.11 Å². The summed E-state index contributed by atoms with van der Waals surface area (Å²) in [4.78, 5) is 16.4. The van der Waals surface area contributed by atoms with E-state index in [0.717, 1.165) is 33.8 Å². The molecular formula is C13H13NO3S. The molecular weight excluding hydrogens is 250 g/mol. The SMILES string of the molecule is COC(=O)C1(c2nc3ccc(OC)cc3s2)CC1. The third kappa shape index (κ3) is 1.58. The van der Waals surface area contributed by atoms with Crippen LogP contribution in [0.3, 0.4) is 0 Å². The fraction of sp³-hybridized carbons (Fsp3) is 0.385. The molecule has 0 N–H and O–H groups in total. The number of esters is 1. The predicted octanol–water partition coefficient (Wildman–Crippen LogP) is 2.51. The van der Waals surface area contributed by atoms with Gasteiger partial charge in [-0.1, -0.05) is 0 Å². The molecule has 5 heteroatoms. The Balaban J connectivity index is 2.06. The van der Waals surface area contributed by atoms with E-state index < -0.39 is 5.41 Å². The van der Waals surface area contributed by atoms with Crippen molar-refractivity contribution in [1.82, 2.24) is 4.98 Å². The molecule has 1 aromatic heterocycles. The Bertz CT molecular complexity index is 616. The van der Waals surface area contributed by atoms with E-state index in [0.29, 0.717) is 0 Å². The lowest BCUT2D eigenvalue weighted by Gasteiger charge is -2.07. The van der Waals surface area contributed by atoms with Gasteiger partial charge in [-0.3, -0.25) is 4.79 Å². The van der Waals surface area contributed by atoms with Crippen LogP contribution in [0.1, 0.15) is 17.8 Å². The molecule has 18 heavy (non-hydrogen) atoms. The Morgan fingerprint density at radius 3 is 2.78 bits per heavy atom. The minimum atomic E-state index is -0.480. The van der Waals surface area contributed by atoms with Crippen LogP contribution in [0.25, 0.3) is 10.2 Å². The molecule has 1 saturated carbocycles. The van der Waals surface area contributed by atoms with Crippen molar-refractivity contribution in [3.05, 3.63) is 23.2 Å². The van der Waals surface area contributed by atoms with Gasteiger partial charge in [0.25, 0.3) is 0 Å². The normalized spacial score (nSPS) is 16.6. The molecule has 0 spiro atoms. The first-order valence-electron chi connectivity index (χ1n) is 5.73. The van der Waals surface area contributed by atoms with E-state index in [9.17, 15) is 4.79 Å². The number of carbonyl (C=O) groups is 1. The molecule has 94 valence electrons. The zero-order chi connectivity index (χ0) is 12.8. The summed E-state index contributed by atoms with van der Waals surface area (Å²) in [5.74, 6) is 0.633. The number of carbonyl (C=O) groups excluding carboxylic acids is 1. The maximum atomic E-state index is 11.8. The van der Waals surface area contributed by atoms with Crippen LogP contribution >= 0.6 is 11.3 Å². The third-order valence-electron chi connectivity index (χ3n) is 3.33. The Morgan fingerprint density at radius 2 is 2.17 bits per heavy atom. The molecule has 1 aliphatic rings. The lowest BCUT2D eigenvalue weighted by atomic mass is 10.1. The number of thiazole rings is 1. The van der Waals surface area contributed by atoms with Crippen LogP contribution in [0.5, 0.6) is 5.75 Å². The van der Waals surface area contributed by atoms with Crippen molar-refractivity contribution in [3.63, 3.8) is 0 Å². The van der Waals surface area contributed by atoms with Crippen molar-refractivity contribution in [1.29, 1.82) is 0 Å². The number of rotatable bonds is 3. The van der Waals surface area contributed by atoms with E-state index in [1.54, 1.807) is 18.4 Å². The second kappa shape index (κ2) is 3.95. The smallest absolute Gasteiger partial charge is 0.318 e. The Kier molecular flexibility index (Phi) is 2.52. The maximum Gasteiger partial charge on any atom is 0.318 e. The number of nitrogens with zero attached hydrogens (tertiary/aromatic N) is 1. The second-order valence-electron chi connectivity index (χ2n) is 4.43. The molecule has 3 rings (SSSR count). The van der Waals surface area contributed by atoms with E-state index in [2.05, 4.69) is 4.98 Å². The number of methoxy groups -OCH3 is 2. The maximum absolute atomic E-state index is 11.8. The quantitative estimate of drug-likeness (QED) is 0.798. The van der Waals surface area contributed by atoms with Crippen LogP contribution in [0.4, 0.5) is 0 Å². The van der Waals surface area contributed by atoms with Crippen LogP contribution in [0.15, 0.2) is 18.2 Å². The Morgan fingerprint density at radius 1 is 1.39 bits per heavy atom. The second-order valence-corrected chi connectivity index (χ2v) is 5.46. The molecule has 1 aromatic carbocycles. The summed E-state index contributed by atoms with van der Waals surface area (Å²) in [5, 5.41) is 0.859. The van der Waals surface area contributed by atoms with Crippen molar-refractivity contribution in [2.24, 2.45) is 0 Å². The van der Waals surface area contributed by atoms with Crippen LogP contribution in [-0.4, -0.2) is 25.2 Å². The highest BCUT2D eigenvalue weighted by Gasteiger charge is 2.55. The summed E-state index contributed by atoms with van der Waals surface area (Å²) >= 11 is 1.55. The molecule has 0 amide bonds. The van der Waals surface area contributed by atoms with E-state index >= 15 is 0 Å². The number of aromatic nitrogens is 1. The fourth-order valence-electron chi connectivity index (χ4n) is 2.06. The van der Waals surface area contributed by atoms with Crippen molar-refractivity contribution >= 4 is 27.5 Å². The van der Waals surface area contributed by atoms with Gasteiger partial charge in [-0.15, -0.1) is 11.3 Å². The zero-order valence-corrected chi connectivity index (χ0v) is 11.0. The van der Waals surface area contributed by atoms with Gasteiger partial charge in [0.2, 0.25) is 0 Å². The summed E-state index contributed by atoms with van der Waals surface area (Å²) in [5.41, 5.74) is 0.428. The lowest BCUT2D eigenvalue weighted by molar-refractivity contribution is -0.143. The summed E-state index contributed by atoms with van der Waals surface area (Å²) in [6.07, 6.45) is 1.66. The molecule has 0 saturated heterocycles. The summed E-state index contributed by atoms with van der Waals surface area (Å²) in [7, 11) is 3.07. The van der Waals surface area contributed by atoms with Crippen LogP contribution in [0.2, 0.25) is 0 Å². The van der Waals surface area contributed by atoms with Crippen molar-refractivity contribution < 1.29 is 14.3 Å². The largest absolute Gasteiger partial charge is 0.497 e. The minimum Gasteiger partial charge on any atom is -0.497 e. The molecule has 0 radical (unpaired) electrons. The lowest BCUT2D eigenvalue weighted by Crippen LogP contribution is -2.21. The number of ether oxygens (including phenoxy) is 2. The average Bonchev–Trinajstić information content (AvgIpc) is 3.11. The van der Waals surface area contributed by atoms with Gasteiger partial charge in [0.15, 0.2) is 0 Å². The number of hydrogen-bond donors (Lipinski definition) is 0. The van der Waals surface area contributed by atoms with Gasteiger partial charge in [0.05, 0.1) is 24.4 Å². The summed E-state index contributed by atoms with van der Waals surface area (Å²) < 4.78 is 11.1. The molecule has 0 unspecified atom stereocenters. The number of fused-ring (bicyclic) bond motifs is 1. The Hall–Kier alpha value is -1.62. The highest BCUT2D eigenvalue weighted by atomic mass is 32.1. The highest BCUT2D eigenvalue weighted by molar-refractivity contribution is 7.18. The molecule has 1 aliphatic carbocycles. The molecule has 1 heterocycles. The number of benzene rings is 1. The summed E-state index contributed by atoms with van der Waals surface area (Å²) in [6.45, 7) is 0. The highest BCUT2D eigenvalue weighted by Crippen LogP contribution is 2.51. The zero-order valence-electron chi connectivity index (χ0n) is 10.2. The van der Waals surface area contributed by atoms with Crippen LogP contribution in [-0.2, 0) is 14.9 Å². The van der Waals surface area contributed by atoms with Gasteiger partial charge >= 0.3 is 5.97 Å². The third-order valence-corrected chi connectivity index (χ3v) is 4.55. The molecule has 0 bridgehead atoms. The topological polar surface area (TPSA) is 48.4 Å². The van der Waals surface area contributed by atoms with Crippen molar-refractivity contribution in [2.45, 2.75) is 18.3 Å². The molecule has 0 atom stereocenters. The van der Waals surface area contributed by atoms with E-state index in [4.69, 9.17) is 9.47 Å². The summed E-state index contributed by atoms with van der Waals surface area (Å²) in [6, 6.07) is 5.74. The van der Waals surface area contributed by atoms with Gasteiger partial charge in [-0.2, -0.15) is 0 Å². The standard InChI is InChI=1S/C13H13NO3S/c1-16-8-3-4-9-10(7-8)18-11(14-9)13(5-6-13)12(15)17-2/h3-4,7H,5-6H2,1-2H3. The van der Waals surface area contributed by atoms with Crippen molar-refractivity contribution in [2.75, 3.05) is 14.2 Å². The van der Waals surface area contributed by atoms with Gasteiger partial charge in [-0.05, 0) is 31.0 Å². The van der Waals surface area contributed by atoms with Gasteiger partial charge in [-0.25, -0.2) is 4.98 Å². The van der Waals surface area contributed by atoms with Gasteiger partial charge in [0.1, 0.15) is 16.2 Å². The van der Waals surface area contributed by atoms with Crippen LogP contribution < -0.4 is 4.74 Å². The number of hydrogen-bond acceptors (Lipinski definition) is 5. The molecule has 2 aromatic rings. The molecule has 1 fully saturated rings. The van der Waals surface area contributed by atoms with E-state index in [-0.39, 0.29) is 5.97 Å². The first kappa shape index (κ1) is 11.5. The average molecular weight is 263 g/mol. The van der Waals surface area contributed by atoms with Gasteiger partial charge in [0, 0.05) is 0 Å². The monoisotopic (exact) mass is 263 g/mol. The van der Waals surface area contributed by atoms with E-state index in [1.807, 2.05) is 18.2 Å². The fourth-order valence-corrected chi connectivity index (χ4v) is 3.29. The first-order chi connectivity index (χ1) is 8.69. The van der Waals surface area contributed by atoms with Gasteiger partial charge < -0.3 is 9.47 Å². The Labute approximate surface area is 109 Å². The molecule has 4 nitrogen and oxygen atoms in total. The van der Waals surface area contributed by atoms with Crippen LogP contribution in [0, 0.1) is 0 Å².